The van der Waals surface area contributed by atoms with Gasteiger partial charge in [-0.25, -0.2) is 13.1 Å². The van der Waals surface area contributed by atoms with Crippen LogP contribution in [-0.4, -0.2) is 59.8 Å². The lowest BCUT2D eigenvalue weighted by Crippen LogP contribution is -2.48. The van der Waals surface area contributed by atoms with Crippen LogP contribution < -0.4 is 9.46 Å². The summed E-state index contributed by atoms with van der Waals surface area (Å²) in [6, 6.07) is 1.61. The van der Waals surface area contributed by atoms with Crippen LogP contribution in [-0.2, 0) is 14.8 Å². The highest BCUT2D eigenvalue weighted by Crippen LogP contribution is 2.29. The van der Waals surface area contributed by atoms with Gasteiger partial charge in [-0.15, -0.1) is 11.3 Å². The number of nitrogens with one attached hydrogen (secondary N) is 1. The monoisotopic (exact) mass is 334 g/mol. The molecule has 1 saturated heterocycles. The van der Waals surface area contributed by atoms with E-state index in [9.17, 15) is 8.42 Å². The Balaban J connectivity index is 2.00. The quantitative estimate of drug-likeness (QED) is 0.810. The molecule has 2 heterocycles. The maximum atomic E-state index is 12.4. The summed E-state index contributed by atoms with van der Waals surface area (Å²) in [5, 5.41) is 1.72. The van der Waals surface area contributed by atoms with Gasteiger partial charge in [-0.3, -0.25) is 4.90 Å². The molecule has 1 aliphatic heterocycles. The normalized spacial score (nSPS) is 20.6. The zero-order valence-electron chi connectivity index (χ0n) is 12.4. The third-order valence-electron chi connectivity index (χ3n) is 3.50. The maximum absolute atomic E-state index is 12.4. The molecule has 0 radical (unpaired) electrons. The minimum atomic E-state index is -3.52. The van der Waals surface area contributed by atoms with Crippen molar-refractivity contribution < 1.29 is 17.9 Å². The number of hydrogen-bond acceptors (Lipinski definition) is 6. The lowest BCUT2D eigenvalue weighted by molar-refractivity contribution is 0.126. The van der Waals surface area contributed by atoms with Crippen molar-refractivity contribution in [2.75, 3.05) is 40.5 Å². The van der Waals surface area contributed by atoms with Crippen LogP contribution in [0.3, 0.4) is 0 Å². The summed E-state index contributed by atoms with van der Waals surface area (Å²) in [6.07, 6.45) is 1.84. The van der Waals surface area contributed by atoms with Crippen molar-refractivity contribution in [1.82, 2.24) is 9.62 Å². The lowest BCUT2D eigenvalue weighted by Gasteiger charge is -2.32. The Kier molecular flexibility index (Phi) is 6.00. The Hall–Kier alpha value is -0.670. The molecule has 1 N–H and O–H groups in total. The van der Waals surface area contributed by atoms with E-state index in [1.807, 2.05) is 0 Å². The first kappa shape index (κ1) is 16.7. The van der Waals surface area contributed by atoms with Crippen LogP contribution in [0.4, 0.5) is 0 Å². The van der Waals surface area contributed by atoms with Gasteiger partial charge >= 0.3 is 0 Å². The van der Waals surface area contributed by atoms with E-state index in [1.165, 1.54) is 18.4 Å². The number of hydrogen-bond donors (Lipinski definition) is 1. The van der Waals surface area contributed by atoms with Gasteiger partial charge in [0.25, 0.3) is 10.0 Å². The molecule has 0 unspecified atom stereocenters. The van der Waals surface area contributed by atoms with Gasteiger partial charge in [0.2, 0.25) is 0 Å². The number of nitrogens with zero attached hydrogens (tertiary/aromatic N) is 1. The van der Waals surface area contributed by atoms with Crippen molar-refractivity contribution in [3.63, 3.8) is 0 Å². The van der Waals surface area contributed by atoms with E-state index >= 15 is 0 Å². The Morgan fingerprint density at radius 2 is 2.29 bits per heavy atom. The van der Waals surface area contributed by atoms with Crippen LogP contribution in [0.1, 0.15) is 12.8 Å². The van der Waals surface area contributed by atoms with Crippen LogP contribution in [0.25, 0.3) is 0 Å². The molecular weight excluding hydrogens is 312 g/mol. The third kappa shape index (κ3) is 4.40. The van der Waals surface area contributed by atoms with Gasteiger partial charge in [-0.2, -0.15) is 0 Å². The molecule has 1 atom stereocenters. The predicted octanol–water partition coefficient (Wildman–Crippen LogP) is 1.15. The molecule has 8 heteroatoms. The van der Waals surface area contributed by atoms with E-state index in [2.05, 4.69) is 9.62 Å². The topological polar surface area (TPSA) is 67.9 Å². The maximum Gasteiger partial charge on any atom is 0.254 e. The van der Waals surface area contributed by atoms with Crippen LogP contribution in [0.15, 0.2) is 15.7 Å². The summed E-state index contributed by atoms with van der Waals surface area (Å²) in [5.74, 6) is 0.402. The highest BCUT2D eigenvalue weighted by Gasteiger charge is 2.27. The highest BCUT2D eigenvalue weighted by atomic mass is 32.2. The smallest absolute Gasteiger partial charge is 0.254 e. The first-order valence-electron chi connectivity index (χ1n) is 6.92. The zero-order valence-corrected chi connectivity index (χ0v) is 14.0. The molecule has 0 amide bonds. The number of ether oxygens (including phenoxy) is 2. The predicted molar refractivity (Wildman–Crippen MR) is 82.5 cm³/mol. The van der Waals surface area contributed by atoms with Gasteiger partial charge in [0, 0.05) is 26.2 Å². The molecular formula is C13H22N2O4S2. The first-order valence-corrected chi connectivity index (χ1v) is 9.28. The summed E-state index contributed by atoms with van der Waals surface area (Å²) in [6.45, 7) is 3.20. The molecule has 1 fully saturated rings. The van der Waals surface area contributed by atoms with Gasteiger partial charge in [0.15, 0.2) is 4.21 Å². The summed E-state index contributed by atoms with van der Waals surface area (Å²) in [7, 11) is -0.364. The van der Waals surface area contributed by atoms with E-state index in [0.29, 0.717) is 12.4 Å². The molecule has 120 valence electrons. The van der Waals surface area contributed by atoms with Gasteiger partial charge in [-0.05, 0) is 30.8 Å². The number of likely N-dealkylation sites (tertiary alicyclic amines) is 1. The molecule has 0 spiro atoms. The van der Waals surface area contributed by atoms with Crippen molar-refractivity contribution in [3.05, 3.63) is 11.4 Å². The van der Waals surface area contributed by atoms with Crippen LogP contribution in [0.5, 0.6) is 5.75 Å². The molecule has 2 rings (SSSR count). The minimum Gasteiger partial charge on any atom is -0.494 e. The molecule has 21 heavy (non-hydrogen) atoms. The second-order valence-electron chi connectivity index (χ2n) is 5.03. The Bertz CT molecular complexity index is 544. The van der Waals surface area contributed by atoms with E-state index < -0.39 is 10.0 Å². The lowest BCUT2D eigenvalue weighted by atomic mass is 10.1. The minimum absolute atomic E-state index is 0.0626. The fourth-order valence-corrected chi connectivity index (χ4v) is 5.03. The van der Waals surface area contributed by atoms with E-state index in [0.717, 1.165) is 32.5 Å². The largest absolute Gasteiger partial charge is 0.494 e. The van der Waals surface area contributed by atoms with Crippen LogP contribution in [0.2, 0.25) is 0 Å². The Morgan fingerprint density at radius 1 is 1.48 bits per heavy atom. The van der Waals surface area contributed by atoms with Gasteiger partial charge in [0.05, 0.1) is 13.7 Å². The van der Waals surface area contributed by atoms with E-state index in [4.69, 9.17) is 9.47 Å². The van der Waals surface area contributed by atoms with Crippen molar-refractivity contribution in [3.8, 4) is 5.75 Å². The molecule has 6 nitrogen and oxygen atoms in total. The number of thiophene rings is 1. The molecule has 0 bridgehead atoms. The summed E-state index contributed by atoms with van der Waals surface area (Å²) in [5.41, 5.74) is 0. The zero-order chi connectivity index (χ0) is 15.3. The highest BCUT2D eigenvalue weighted by molar-refractivity contribution is 7.91. The molecule has 0 saturated carbocycles. The fraction of sp³-hybridized carbons (Fsp3) is 0.692. The van der Waals surface area contributed by atoms with Gasteiger partial charge < -0.3 is 9.47 Å². The SMILES string of the molecule is COCCN1CCC[C@H](NS(=O)(=O)c2sccc2OC)C1. The average Bonchev–Trinajstić information content (AvgIpc) is 2.94. The van der Waals surface area contributed by atoms with Gasteiger partial charge in [-0.1, -0.05) is 0 Å². The second-order valence-corrected chi connectivity index (χ2v) is 7.86. The Labute approximate surface area is 130 Å². The molecule has 0 aromatic carbocycles. The number of sulfonamides is 1. The summed E-state index contributed by atoms with van der Waals surface area (Å²) in [4.78, 5) is 2.23. The number of methoxy groups -OCH3 is 2. The van der Waals surface area contributed by atoms with Crippen molar-refractivity contribution in [2.45, 2.75) is 23.1 Å². The first-order chi connectivity index (χ1) is 10.1. The third-order valence-corrected chi connectivity index (χ3v) is 6.47. The van der Waals surface area contributed by atoms with E-state index in [-0.39, 0.29) is 10.3 Å². The Morgan fingerprint density at radius 3 is 3.00 bits per heavy atom. The fourth-order valence-electron chi connectivity index (χ4n) is 2.48. The molecule has 0 aliphatic carbocycles. The van der Waals surface area contributed by atoms with Crippen LogP contribution >= 0.6 is 11.3 Å². The second kappa shape index (κ2) is 7.55. The molecule has 1 aliphatic rings. The average molecular weight is 334 g/mol. The van der Waals surface area contributed by atoms with Crippen molar-refractivity contribution in [1.29, 1.82) is 0 Å². The van der Waals surface area contributed by atoms with Crippen molar-refractivity contribution in [2.24, 2.45) is 0 Å². The summed E-state index contributed by atoms with van der Waals surface area (Å²) < 4.78 is 38.1. The number of rotatable bonds is 7. The number of piperidine rings is 1. The standard InChI is InChI=1S/C13H22N2O4S2/c1-18-8-7-15-6-3-4-11(10-15)14-21(16,17)13-12(19-2)5-9-20-13/h5,9,11,14H,3-4,6-8,10H2,1-2H3/t11-/m0/s1. The molecule has 1 aromatic rings. The van der Waals surface area contributed by atoms with Crippen LogP contribution in [0, 0.1) is 0 Å². The summed E-state index contributed by atoms with van der Waals surface area (Å²) >= 11 is 1.18. The van der Waals surface area contributed by atoms with E-state index in [1.54, 1.807) is 18.6 Å². The van der Waals surface area contributed by atoms with Gasteiger partial charge in [0.1, 0.15) is 5.75 Å². The van der Waals surface area contributed by atoms with Crippen molar-refractivity contribution >= 4 is 21.4 Å². The molecule has 1 aromatic heterocycles.